The van der Waals surface area contributed by atoms with Gasteiger partial charge in [-0.3, -0.25) is 24.1 Å². The molecule has 2 N–H and O–H groups in total. The van der Waals surface area contributed by atoms with Gasteiger partial charge in [-0.2, -0.15) is 0 Å². The van der Waals surface area contributed by atoms with Crippen molar-refractivity contribution < 1.29 is 24.3 Å². The summed E-state index contributed by atoms with van der Waals surface area (Å²) in [4.78, 5) is 47.4. The zero-order valence-corrected chi connectivity index (χ0v) is 13.8. The van der Waals surface area contributed by atoms with Crippen LogP contribution in [0, 0.1) is 6.92 Å². The van der Waals surface area contributed by atoms with E-state index in [-0.39, 0.29) is 17.9 Å². The number of carboxylic acids is 1. The number of carbonyl (C=O) groups excluding carboxylic acids is 3. The second-order valence-electron chi connectivity index (χ2n) is 5.12. The summed E-state index contributed by atoms with van der Waals surface area (Å²) in [6.45, 7) is 1.42. The maximum atomic E-state index is 12.3. The van der Waals surface area contributed by atoms with E-state index in [1.54, 1.807) is 6.08 Å². The fraction of sp³-hybridized carbons (Fsp3) is 0.250. The quantitative estimate of drug-likeness (QED) is 0.757. The van der Waals surface area contributed by atoms with Crippen LogP contribution in [0.1, 0.15) is 17.5 Å². The summed E-state index contributed by atoms with van der Waals surface area (Å²) in [5.41, 5.74) is 1.80. The van der Waals surface area contributed by atoms with Gasteiger partial charge in [0.25, 0.3) is 11.1 Å². The van der Waals surface area contributed by atoms with Gasteiger partial charge in [0.15, 0.2) is 0 Å². The van der Waals surface area contributed by atoms with Crippen molar-refractivity contribution in [3.63, 3.8) is 0 Å². The number of aliphatic carboxylic acids is 1. The van der Waals surface area contributed by atoms with Crippen molar-refractivity contribution >= 4 is 40.9 Å². The molecule has 0 saturated carbocycles. The van der Waals surface area contributed by atoms with Crippen LogP contribution in [0.25, 0.3) is 6.08 Å². The number of amides is 3. The SMILES string of the molecule is Cc1ccccc1/C=C1\SC(=O)N(CC(=O)NCCC(=O)O)C1=O. The van der Waals surface area contributed by atoms with Crippen molar-refractivity contribution in [3.8, 4) is 0 Å². The smallest absolute Gasteiger partial charge is 0.305 e. The molecule has 0 aromatic heterocycles. The number of hydrogen-bond acceptors (Lipinski definition) is 5. The molecule has 1 saturated heterocycles. The summed E-state index contributed by atoms with van der Waals surface area (Å²) in [6.07, 6.45) is 1.41. The van der Waals surface area contributed by atoms with Crippen LogP contribution < -0.4 is 5.32 Å². The lowest BCUT2D eigenvalue weighted by atomic mass is 10.1. The molecular formula is C16H16N2O5S. The highest BCUT2D eigenvalue weighted by Crippen LogP contribution is 2.32. The molecule has 0 bridgehead atoms. The molecule has 1 aliphatic heterocycles. The molecule has 1 aromatic rings. The second-order valence-corrected chi connectivity index (χ2v) is 6.11. The Balaban J connectivity index is 2.02. The lowest BCUT2D eigenvalue weighted by molar-refractivity contribution is -0.137. The van der Waals surface area contributed by atoms with Gasteiger partial charge in [0.2, 0.25) is 5.91 Å². The molecule has 0 atom stereocenters. The molecule has 8 heteroatoms. The maximum Gasteiger partial charge on any atom is 0.305 e. The van der Waals surface area contributed by atoms with Crippen LogP contribution in [0.15, 0.2) is 29.2 Å². The van der Waals surface area contributed by atoms with Gasteiger partial charge in [0.05, 0.1) is 11.3 Å². The fourth-order valence-corrected chi connectivity index (χ4v) is 2.86. The lowest BCUT2D eigenvalue weighted by Gasteiger charge is -2.11. The topological polar surface area (TPSA) is 104 Å². The summed E-state index contributed by atoms with van der Waals surface area (Å²) in [7, 11) is 0. The average molecular weight is 348 g/mol. The van der Waals surface area contributed by atoms with Crippen LogP contribution in [0.2, 0.25) is 0 Å². The number of thioether (sulfide) groups is 1. The second kappa shape index (κ2) is 7.78. The number of nitrogens with zero attached hydrogens (tertiary/aromatic N) is 1. The van der Waals surface area contributed by atoms with E-state index < -0.39 is 29.6 Å². The van der Waals surface area contributed by atoms with Gasteiger partial charge in [0.1, 0.15) is 6.54 Å². The summed E-state index contributed by atoms with van der Waals surface area (Å²) in [5, 5.41) is 10.4. The monoisotopic (exact) mass is 348 g/mol. The third-order valence-corrected chi connectivity index (χ3v) is 4.22. The van der Waals surface area contributed by atoms with Crippen molar-refractivity contribution in [1.29, 1.82) is 0 Å². The first-order chi connectivity index (χ1) is 11.4. The van der Waals surface area contributed by atoms with Gasteiger partial charge >= 0.3 is 5.97 Å². The number of carboxylic acid groups (broad SMARTS) is 1. The third-order valence-electron chi connectivity index (χ3n) is 3.31. The zero-order chi connectivity index (χ0) is 17.7. The molecule has 1 heterocycles. The number of hydrogen-bond donors (Lipinski definition) is 2. The minimum absolute atomic E-state index is 0.0521. The normalized spacial score (nSPS) is 15.9. The minimum Gasteiger partial charge on any atom is -0.481 e. The molecule has 2 rings (SSSR count). The first-order valence-corrected chi connectivity index (χ1v) is 7.99. The van der Waals surface area contributed by atoms with Crippen LogP contribution in [-0.2, 0) is 14.4 Å². The molecule has 3 amide bonds. The number of imide groups is 1. The first-order valence-electron chi connectivity index (χ1n) is 7.18. The number of aryl methyl sites for hydroxylation is 1. The number of benzene rings is 1. The summed E-state index contributed by atoms with van der Waals surface area (Å²) >= 11 is 0.780. The van der Waals surface area contributed by atoms with E-state index in [0.717, 1.165) is 27.8 Å². The van der Waals surface area contributed by atoms with Crippen molar-refractivity contribution in [2.45, 2.75) is 13.3 Å². The largest absolute Gasteiger partial charge is 0.481 e. The van der Waals surface area contributed by atoms with Gasteiger partial charge in [0, 0.05) is 6.54 Å². The highest BCUT2D eigenvalue weighted by molar-refractivity contribution is 8.18. The Kier molecular flexibility index (Phi) is 5.75. The van der Waals surface area contributed by atoms with E-state index in [0.29, 0.717) is 0 Å². The van der Waals surface area contributed by atoms with E-state index >= 15 is 0 Å². The van der Waals surface area contributed by atoms with E-state index in [1.807, 2.05) is 31.2 Å². The van der Waals surface area contributed by atoms with Gasteiger partial charge in [-0.25, -0.2) is 0 Å². The highest BCUT2D eigenvalue weighted by Gasteiger charge is 2.36. The van der Waals surface area contributed by atoms with Crippen LogP contribution in [0.5, 0.6) is 0 Å². The zero-order valence-electron chi connectivity index (χ0n) is 12.9. The molecule has 1 aliphatic rings. The third kappa shape index (κ3) is 4.45. The van der Waals surface area contributed by atoms with Crippen molar-refractivity contribution in [3.05, 3.63) is 40.3 Å². The van der Waals surface area contributed by atoms with Crippen molar-refractivity contribution in [2.24, 2.45) is 0 Å². The Bertz CT molecular complexity index is 729. The maximum absolute atomic E-state index is 12.3. The standard InChI is InChI=1S/C16H16N2O5S/c1-10-4-2-3-5-11(10)8-12-15(22)18(16(23)24-12)9-13(19)17-7-6-14(20)21/h2-5,8H,6-7,9H2,1H3,(H,17,19)(H,20,21)/b12-8-. The molecule has 1 aromatic carbocycles. The Morgan fingerprint density at radius 2 is 2.00 bits per heavy atom. The van der Waals surface area contributed by atoms with Crippen molar-refractivity contribution in [2.75, 3.05) is 13.1 Å². The highest BCUT2D eigenvalue weighted by atomic mass is 32.2. The molecule has 24 heavy (non-hydrogen) atoms. The summed E-state index contributed by atoms with van der Waals surface area (Å²) in [5.74, 6) is -2.14. The van der Waals surface area contributed by atoms with Crippen LogP contribution in [-0.4, -0.2) is 46.1 Å². The Labute approximate surface area is 142 Å². The molecule has 1 fully saturated rings. The Morgan fingerprint density at radius 1 is 1.29 bits per heavy atom. The van der Waals surface area contributed by atoms with Crippen LogP contribution >= 0.6 is 11.8 Å². The van der Waals surface area contributed by atoms with E-state index in [9.17, 15) is 19.2 Å². The Morgan fingerprint density at radius 3 is 2.67 bits per heavy atom. The van der Waals surface area contributed by atoms with E-state index in [2.05, 4.69) is 5.32 Å². The number of nitrogens with one attached hydrogen (secondary N) is 1. The molecule has 0 radical (unpaired) electrons. The number of carbonyl (C=O) groups is 4. The van der Waals surface area contributed by atoms with E-state index in [1.165, 1.54) is 0 Å². The van der Waals surface area contributed by atoms with Crippen LogP contribution in [0.4, 0.5) is 4.79 Å². The van der Waals surface area contributed by atoms with E-state index in [4.69, 9.17) is 5.11 Å². The molecule has 0 spiro atoms. The molecular weight excluding hydrogens is 332 g/mol. The summed E-state index contributed by atoms with van der Waals surface area (Å²) < 4.78 is 0. The van der Waals surface area contributed by atoms with Gasteiger partial charge < -0.3 is 10.4 Å². The predicted octanol–water partition coefficient (Wildman–Crippen LogP) is 1.62. The predicted molar refractivity (Wildman–Crippen MR) is 89.1 cm³/mol. The average Bonchev–Trinajstić information content (AvgIpc) is 2.77. The van der Waals surface area contributed by atoms with Gasteiger partial charge in [-0.15, -0.1) is 0 Å². The fourth-order valence-electron chi connectivity index (χ4n) is 2.03. The van der Waals surface area contributed by atoms with Gasteiger partial charge in [-0.1, -0.05) is 24.3 Å². The molecule has 0 unspecified atom stereocenters. The molecule has 126 valence electrons. The number of rotatable bonds is 6. The molecule has 7 nitrogen and oxygen atoms in total. The first kappa shape index (κ1) is 17.7. The Hall–Kier alpha value is -2.61. The summed E-state index contributed by atoms with van der Waals surface area (Å²) in [6, 6.07) is 7.44. The minimum atomic E-state index is -1.04. The molecule has 0 aliphatic carbocycles. The van der Waals surface area contributed by atoms with Crippen molar-refractivity contribution in [1.82, 2.24) is 10.2 Å². The van der Waals surface area contributed by atoms with Crippen LogP contribution in [0.3, 0.4) is 0 Å². The van der Waals surface area contributed by atoms with Gasteiger partial charge in [-0.05, 0) is 35.9 Å². The lowest BCUT2D eigenvalue weighted by Crippen LogP contribution is -2.40.